The first kappa shape index (κ1) is 12.4. The number of ether oxygens (including phenoxy) is 1. The van der Waals surface area contributed by atoms with Crippen LogP contribution in [-0.4, -0.2) is 16.7 Å². The molecule has 0 bridgehead atoms. The first-order valence-corrected chi connectivity index (χ1v) is 5.81. The summed E-state index contributed by atoms with van der Waals surface area (Å²) in [6.07, 6.45) is 2.37. The molecule has 0 spiro atoms. The maximum absolute atomic E-state index is 8.82. The molecule has 3 N–H and O–H groups in total. The molecule has 2 aromatic rings. The van der Waals surface area contributed by atoms with Crippen molar-refractivity contribution >= 4 is 5.82 Å². The molecule has 0 aliphatic carbocycles. The van der Waals surface area contributed by atoms with Gasteiger partial charge in [-0.1, -0.05) is 18.2 Å². The molecule has 18 heavy (non-hydrogen) atoms. The van der Waals surface area contributed by atoms with Crippen molar-refractivity contribution < 1.29 is 9.84 Å². The van der Waals surface area contributed by atoms with Crippen LogP contribution in [0.1, 0.15) is 11.1 Å². The maximum atomic E-state index is 8.82. The fourth-order valence-corrected chi connectivity index (χ4v) is 1.57. The Hall–Kier alpha value is -2.07. The van der Waals surface area contributed by atoms with Crippen molar-refractivity contribution in [2.75, 3.05) is 12.3 Å². The van der Waals surface area contributed by atoms with Crippen molar-refractivity contribution in [1.29, 1.82) is 0 Å². The Kier molecular flexibility index (Phi) is 4.15. The van der Waals surface area contributed by atoms with E-state index in [1.54, 1.807) is 12.3 Å². The molecule has 94 valence electrons. The molecule has 0 amide bonds. The SMILES string of the molecule is Nc1ccc(COc2ccc(CCO)cc2)cn1. The summed E-state index contributed by atoms with van der Waals surface area (Å²) in [7, 11) is 0. The number of nitrogens with two attached hydrogens (primary N) is 1. The summed E-state index contributed by atoms with van der Waals surface area (Å²) in [5, 5.41) is 8.82. The molecule has 1 aromatic heterocycles. The molecule has 0 atom stereocenters. The van der Waals surface area contributed by atoms with Crippen LogP contribution in [0.5, 0.6) is 5.75 Å². The van der Waals surface area contributed by atoms with Gasteiger partial charge in [0.1, 0.15) is 18.2 Å². The van der Waals surface area contributed by atoms with E-state index in [1.165, 1.54) is 0 Å². The van der Waals surface area contributed by atoms with Crippen LogP contribution in [0.25, 0.3) is 0 Å². The number of aliphatic hydroxyl groups excluding tert-OH is 1. The van der Waals surface area contributed by atoms with Gasteiger partial charge in [0.15, 0.2) is 0 Å². The van der Waals surface area contributed by atoms with E-state index in [2.05, 4.69) is 4.98 Å². The first-order chi connectivity index (χ1) is 8.78. The summed E-state index contributed by atoms with van der Waals surface area (Å²) in [5.74, 6) is 1.31. The smallest absolute Gasteiger partial charge is 0.123 e. The maximum Gasteiger partial charge on any atom is 0.123 e. The quantitative estimate of drug-likeness (QED) is 0.841. The zero-order valence-corrected chi connectivity index (χ0v) is 10.0. The van der Waals surface area contributed by atoms with Crippen molar-refractivity contribution in [1.82, 2.24) is 4.98 Å². The Morgan fingerprint density at radius 2 is 1.78 bits per heavy atom. The van der Waals surface area contributed by atoms with Gasteiger partial charge in [-0.3, -0.25) is 0 Å². The third kappa shape index (κ3) is 3.46. The van der Waals surface area contributed by atoms with Gasteiger partial charge in [-0.05, 0) is 30.2 Å². The van der Waals surface area contributed by atoms with E-state index in [1.807, 2.05) is 30.3 Å². The molecule has 0 saturated heterocycles. The van der Waals surface area contributed by atoms with E-state index in [0.717, 1.165) is 16.9 Å². The topological polar surface area (TPSA) is 68.4 Å². The third-order valence-electron chi connectivity index (χ3n) is 2.58. The Morgan fingerprint density at radius 1 is 1.06 bits per heavy atom. The zero-order valence-electron chi connectivity index (χ0n) is 10.0. The molecule has 1 heterocycles. The number of aliphatic hydroxyl groups is 1. The third-order valence-corrected chi connectivity index (χ3v) is 2.58. The van der Waals surface area contributed by atoms with E-state index in [0.29, 0.717) is 18.8 Å². The molecule has 0 unspecified atom stereocenters. The van der Waals surface area contributed by atoms with Crippen LogP contribution in [0.3, 0.4) is 0 Å². The average Bonchev–Trinajstić information content (AvgIpc) is 2.40. The minimum Gasteiger partial charge on any atom is -0.489 e. The first-order valence-electron chi connectivity index (χ1n) is 5.81. The highest BCUT2D eigenvalue weighted by atomic mass is 16.5. The number of nitrogens with zero attached hydrogens (tertiary/aromatic N) is 1. The minimum atomic E-state index is 0.164. The molecule has 4 nitrogen and oxygen atoms in total. The van der Waals surface area contributed by atoms with E-state index < -0.39 is 0 Å². The Labute approximate surface area is 106 Å². The summed E-state index contributed by atoms with van der Waals surface area (Å²) < 4.78 is 5.62. The van der Waals surface area contributed by atoms with Crippen LogP contribution in [0.2, 0.25) is 0 Å². The Bertz CT molecular complexity index is 480. The van der Waals surface area contributed by atoms with Gasteiger partial charge in [-0.15, -0.1) is 0 Å². The summed E-state index contributed by atoms with van der Waals surface area (Å²) in [4.78, 5) is 4.00. The lowest BCUT2D eigenvalue weighted by atomic mass is 10.1. The van der Waals surface area contributed by atoms with Crippen molar-refractivity contribution in [2.24, 2.45) is 0 Å². The van der Waals surface area contributed by atoms with Gasteiger partial charge >= 0.3 is 0 Å². The van der Waals surface area contributed by atoms with E-state index in [4.69, 9.17) is 15.6 Å². The standard InChI is InChI=1S/C14H16N2O2/c15-14-6-3-12(9-16-14)10-18-13-4-1-11(2-5-13)7-8-17/h1-6,9,17H,7-8,10H2,(H2,15,16). The molecule has 4 heteroatoms. The largest absolute Gasteiger partial charge is 0.489 e. The lowest BCUT2D eigenvalue weighted by molar-refractivity contribution is 0.298. The van der Waals surface area contributed by atoms with Gasteiger partial charge in [-0.25, -0.2) is 4.98 Å². The highest BCUT2D eigenvalue weighted by molar-refractivity contribution is 5.30. The molecule has 0 aliphatic rings. The lowest BCUT2D eigenvalue weighted by Gasteiger charge is -2.07. The van der Waals surface area contributed by atoms with Gasteiger partial charge in [0.25, 0.3) is 0 Å². The average molecular weight is 244 g/mol. The van der Waals surface area contributed by atoms with Crippen LogP contribution in [-0.2, 0) is 13.0 Å². The number of benzene rings is 1. The van der Waals surface area contributed by atoms with E-state index in [-0.39, 0.29) is 6.61 Å². The second kappa shape index (κ2) is 6.02. The second-order valence-electron chi connectivity index (χ2n) is 4.00. The van der Waals surface area contributed by atoms with Crippen LogP contribution >= 0.6 is 0 Å². The van der Waals surface area contributed by atoms with Crippen molar-refractivity contribution in [3.63, 3.8) is 0 Å². The minimum absolute atomic E-state index is 0.164. The van der Waals surface area contributed by atoms with Crippen molar-refractivity contribution in [3.8, 4) is 5.75 Å². The number of anilines is 1. The van der Waals surface area contributed by atoms with Crippen LogP contribution < -0.4 is 10.5 Å². The fraction of sp³-hybridized carbons (Fsp3) is 0.214. The number of aromatic nitrogens is 1. The van der Waals surface area contributed by atoms with Gasteiger partial charge in [-0.2, -0.15) is 0 Å². The van der Waals surface area contributed by atoms with Gasteiger partial charge in [0.2, 0.25) is 0 Å². The van der Waals surface area contributed by atoms with E-state index in [9.17, 15) is 0 Å². The molecular formula is C14H16N2O2. The van der Waals surface area contributed by atoms with Gasteiger partial charge in [0, 0.05) is 18.4 Å². The fourth-order valence-electron chi connectivity index (χ4n) is 1.57. The molecule has 0 aliphatic heterocycles. The molecular weight excluding hydrogens is 228 g/mol. The second-order valence-corrected chi connectivity index (χ2v) is 4.00. The Balaban J connectivity index is 1.91. The normalized spacial score (nSPS) is 10.3. The Morgan fingerprint density at radius 3 is 2.39 bits per heavy atom. The van der Waals surface area contributed by atoms with E-state index >= 15 is 0 Å². The number of hydrogen-bond acceptors (Lipinski definition) is 4. The number of pyridine rings is 1. The highest BCUT2D eigenvalue weighted by Crippen LogP contribution is 2.14. The molecule has 0 fully saturated rings. The van der Waals surface area contributed by atoms with Gasteiger partial charge in [0.05, 0.1) is 0 Å². The number of rotatable bonds is 5. The predicted molar refractivity (Wildman–Crippen MR) is 70.2 cm³/mol. The van der Waals surface area contributed by atoms with Gasteiger partial charge < -0.3 is 15.6 Å². The molecule has 0 radical (unpaired) electrons. The zero-order chi connectivity index (χ0) is 12.8. The lowest BCUT2D eigenvalue weighted by Crippen LogP contribution is -1.98. The number of nitrogen functional groups attached to an aromatic ring is 1. The summed E-state index contributed by atoms with van der Waals surface area (Å²) >= 11 is 0. The predicted octanol–water partition coefficient (Wildman–Crippen LogP) is 1.78. The van der Waals surface area contributed by atoms with Crippen LogP contribution in [0.4, 0.5) is 5.82 Å². The summed E-state index contributed by atoms with van der Waals surface area (Å²) in [5.41, 5.74) is 7.58. The molecule has 2 rings (SSSR count). The van der Waals surface area contributed by atoms with Crippen LogP contribution in [0.15, 0.2) is 42.6 Å². The molecule has 1 aromatic carbocycles. The molecule has 0 saturated carbocycles. The highest BCUT2D eigenvalue weighted by Gasteiger charge is 1.97. The van der Waals surface area contributed by atoms with Crippen molar-refractivity contribution in [3.05, 3.63) is 53.7 Å². The monoisotopic (exact) mass is 244 g/mol. The summed E-state index contributed by atoms with van der Waals surface area (Å²) in [6.45, 7) is 0.629. The van der Waals surface area contributed by atoms with Crippen LogP contribution in [0, 0.1) is 0 Å². The number of hydrogen-bond donors (Lipinski definition) is 2. The van der Waals surface area contributed by atoms with Crippen molar-refractivity contribution in [2.45, 2.75) is 13.0 Å². The summed E-state index contributed by atoms with van der Waals surface area (Å²) in [6, 6.07) is 11.3.